The molecule has 1 fully saturated rings. The number of thiophene rings is 1. The molecule has 1 aliphatic rings. The van der Waals surface area contributed by atoms with E-state index in [0.717, 1.165) is 24.2 Å². The maximum atomic E-state index is 11.9. The molecule has 0 unspecified atom stereocenters. The number of ether oxygens (including phenoxy) is 1. The van der Waals surface area contributed by atoms with Crippen molar-refractivity contribution in [2.24, 2.45) is 0 Å². The SMILES string of the molecule is COc1ccc(CNC(=O)NCC2(c3cccs3)CC2)cc1. The van der Waals surface area contributed by atoms with Gasteiger partial charge in [-0.2, -0.15) is 0 Å². The fourth-order valence-electron chi connectivity index (χ4n) is 2.48. The molecule has 1 saturated carbocycles. The van der Waals surface area contributed by atoms with Crippen molar-refractivity contribution in [2.45, 2.75) is 24.8 Å². The average molecular weight is 316 g/mol. The molecule has 4 nitrogen and oxygen atoms in total. The van der Waals surface area contributed by atoms with Crippen molar-refractivity contribution in [2.75, 3.05) is 13.7 Å². The molecule has 0 bridgehead atoms. The minimum absolute atomic E-state index is 0.112. The van der Waals surface area contributed by atoms with E-state index in [-0.39, 0.29) is 11.4 Å². The molecular formula is C17H20N2O2S. The molecule has 116 valence electrons. The zero-order valence-corrected chi connectivity index (χ0v) is 13.4. The molecule has 0 radical (unpaired) electrons. The van der Waals surface area contributed by atoms with Crippen molar-refractivity contribution in [3.05, 3.63) is 52.2 Å². The van der Waals surface area contributed by atoms with Crippen molar-refractivity contribution < 1.29 is 9.53 Å². The van der Waals surface area contributed by atoms with E-state index in [4.69, 9.17) is 4.74 Å². The van der Waals surface area contributed by atoms with Gasteiger partial charge in [0.2, 0.25) is 0 Å². The summed E-state index contributed by atoms with van der Waals surface area (Å²) in [5.74, 6) is 0.819. The minimum atomic E-state index is -0.112. The Morgan fingerprint density at radius 2 is 2.00 bits per heavy atom. The van der Waals surface area contributed by atoms with Crippen molar-refractivity contribution in [1.82, 2.24) is 10.6 Å². The first kappa shape index (κ1) is 14.9. The second kappa shape index (κ2) is 6.40. The van der Waals surface area contributed by atoms with E-state index in [1.165, 1.54) is 4.88 Å². The Bertz CT molecular complexity index is 619. The number of hydrogen-bond donors (Lipinski definition) is 2. The number of carbonyl (C=O) groups is 1. The summed E-state index contributed by atoms with van der Waals surface area (Å²) < 4.78 is 5.11. The number of amides is 2. The minimum Gasteiger partial charge on any atom is -0.497 e. The maximum Gasteiger partial charge on any atom is 0.315 e. The summed E-state index contributed by atoms with van der Waals surface area (Å²) in [6.45, 7) is 1.23. The molecule has 0 saturated heterocycles. The van der Waals surface area contributed by atoms with Crippen molar-refractivity contribution in [3.8, 4) is 5.75 Å². The fraction of sp³-hybridized carbons (Fsp3) is 0.353. The second-order valence-corrected chi connectivity index (χ2v) is 6.59. The Kier molecular flexibility index (Phi) is 4.34. The predicted molar refractivity (Wildman–Crippen MR) is 88.5 cm³/mol. The number of rotatable bonds is 6. The molecule has 0 spiro atoms. The molecule has 22 heavy (non-hydrogen) atoms. The smallest absolute Gasteiger partial charge is 0.315 e. The van der Waals surface area contributed by atoms with Gasteiger partial charge in [-0.15, -0.1) is 11.3 Å². The molecule has 1 aromatic carbocycles. The van der Waals surface area contributed by atoms with Crippen LogP contribution in [0.3, 0.4) is 0 Å². The van der Waals surface area contributed by atoms with Crippen LogP contribution in [0.1, 0.15) is 23.3 Å². The Morgan fingerprint density at radius 3 is 2.59 bits per heavy atom. The first-order valence-electron chi connectivity index (χ1n) is 7.40. The highest BCUT2D eigenvalue weighted by molar-refractivity contribution is 7.10. The monoisotopic (exact) mass is 316 g/mol. The molecule has 2 aromatic rings. The van der Waals surface area contributed by atoms with Gasteiger partial charge in [-0.1, -0.05) is 18.2 Å². The highest BCUT2D eigenvalue weighted by atomic mass is 32.1. The van der Waals surface area contributed by atoms with Gasteiger partial charge in [0.15, 0.2) is 0 Å². The summed E-state index contributed by atoms with van der Waals surface area (Å²) in [6.07, 6.45) is 2.32. The molecule has 0 atom stereocenters. The van der Waals surface area contributed by atoms with Crippen molar-refractivity contribution >= 4 is 17.4 Å². The maximum absolute atomic E-state index is 11.9. The number of nitrogens with one attached hydrogen (secondary N) is 2. The van der Waals surface area contributed by atoms with Crippen LogP contribution in [0, 0.1) is 0 Å². The summed E-state index contributed by atoms with van der Waals surface area (Å²) in [6, 6.07) is 11.8. The van der Waals surface area contributed by atoms with Crippen molar-refractivity contribution in [1.29, 1.82) is 0 Å². The van der Waals surface area contributed by atoms with Crippen LogP contribution in [-0.4, -0.2) is 19.7 Å². The summed E-state index contributed by atoms with van der Waals surface area (Å²) in [4.78, 5) is 13.3. The van der Waals surface area contributed by atoms with Crippen LogP contribution in [0.5, 0.6) is 5.75 Å². The quantitative estimate of drug-likeness (QED) is 0.859. The van der Waals surface area contributed by atoms with Gasteiger partial charge >= 0.3 is 6.03 Å². The molecule has 5 heteroatoms. The van der Waals surface area contributed by atoms with Gasteiger partial charge in [-0.3, -0.25) is 0 Å². The van der Waals surface area contributed by atoms with Crippen LogP contribution < -0.4 is 15.4 Å². The van der Waals surface area contributed by atoms with Gasteiger partial charge < -0.3 is 15.4 Å². The lowest BCUT2D eigenvalue weighted by Crippen LogP contribution is -2.39. The van der Waals surface area contributed by atoms with E-state index in [1.807, 2.05) is 24.3 Å². The number of methoxy groups -OCH3 is 1. The van der Waals surface area contributed by atoms with Crippen LogP contribution in [0.2, 0.25) is 0 Å². The largest absolute Gasteiger partial charge is 0.497 e. The first-order valence-corrected chi connectivity index (χ1v) is 8.28. The lowest BCUT2D eigenvalue weighted by atomic mass is 10.1. The lowest BCUT2D eigenvalue weighted by Gasteiger charge is -2.15. The van der Waals surface area contributed by atoms with Gasteiger partial charge in [0.25, 0.3) is 0 Å². The van der Waals surface area contributed by atoms with E-state index < -0.39 is 0 Å². The zero-order chi connectivity index (χ0) is 15.4. The molecule has 0 aliphatic heterocycles. The molecule has 1 aromatic heterocycles. The second-order valence-electron chi connectivity index (χ2n) is 5.64. The van der Waals surface area contributed by atoms with Gasteiger partial charge in [0, 0.05) is 23.4 Å². The van der Waals surface area contributed by atoms with Crippen LogP contribution in [0.25, 0.3) is 0 Å². The van der Waals surface area contributed by atoms with E-state index in [1.54, 1.807) is 18.4 Å². The normalized spacial score (nSPS) is 15.1. The third-order valence-corrected chi connectivity index (χ3v) is 5.21. The molecule has 2 N–H and O–H groups in total. The van der Waals surface area contributed by atoms with E-state index in [0.29, 0.717) is 13.1 Å². The number of hydrogen-bond acceptors (Lipinski definition) is 3. The Balaban J connectivity index is 1.45. The van der Waals surface area contributed by atoms with Crippen LogP contribution >= 0.6 is 11.3 Å². The van der Waals surface area contributed by atoms with Crippen LogP contribution in [0.15, 0.2) is 41.8 Å². The van der Waals surface area contributed by atoms with Gasteiger partial charge in [0.1, 0.15) is 5.75 Å². The predicted octanol–water partition coefficient (Wildman–Crippen LogP) is 3.29. The zero-order valence-electron chi connectivity index (χ0n) is 12.6. The van der Waals surface area contributed by atoms with Gasteiger partial charge in [-0.25, -0.2) is 4.79 Å². The molecular weight excluding hydrogens is 296 g/mol. The standard InChI is InChI=1S/C17H20N2O2S/c1-21-14-6-4-13(5-7-14)11-18-16(20)19-12-17(8-9-17)15-3-2-10-22-15/h2-7,10H,8-9,11-12H2,1H3,(H2,18,19,20). The Labute approximate surface area is 134 Å². The molecule has 1 heterocycles. The molecule has 2 amide bonds. The summed E-state index contributed by atoms with van der Waals surface area (Å²) >= 11 is 1.77. The highest BCUT2D eigenvalue weighted by Crippen LogP contribution is 2.49. The van der Waals surface area contributed by atoms with E-state index in [9.17, 15) is 4.79 Å². The fourth-order valence-corrected chi connectivity index (χ4v) is 3.47. The van der Waals surface area contributed by atoms with E-state index >= 15 is 0 Å². The Morgan fingerprint density at radius 1 is 1.23 bits per heavy atom. The van der Waals surface area contributed by atoms with Crippen molar-refractivity contribution in [3.63, 3.8) is 0 Å². The third-order valence-electron chi connectivity index (χ3n) is 4.10. The summed E-state index contributed by atoms with van der Waals surface area (Å²) in [7, 11) is 1.64. The topological polar surface area (TPSA) is 50.4 Å². The third kappa shape index (κ3) is 3.42. The van der Waals surface area contributed by atoms with Crippen LogP contribution in [0.4, 0.5) is 4.79 Å². The first-order chi connectivity index (χ1) is 10.7. The van der Waals surface area contributed by atoms with Crippen LogP contribution in [-0.2, 0) is 12.0 Å². The molecule has 3 rings (SSSR count). The summed E-state index contributed by atoms with van der Waals surface area (Å²) in [5.41, 5.74) is 1.24. The highest BCUT2D eigenvalue weighted by Gasteiger charge is 2.45. The number of benzene rings is 1. The average Bonchev–Trinajstić information content (AvgIpc) is 3.14. The lowest BCUT2D eigenvalue weighted by molar-refractivity contribution is 0.239. The van der Waals surface area contributed by atoms with Gasteiger partial charge in [0.05, 0.1) is 7.11 Å². The van der Waals surface area contributed by atoms with E-state index in [2.05, 4.69) is 28.1 Å². The summed E-state index contributed by atoms with van der Waals surface area (Å²) in [5, 5.41) is 7.99. The van der Waals surface area contributed by atoms with Gasteiger partial charge in [-0.05, 0) is 42.0 Å². The number of urea groups is 1. The number of carbonyl (C=O) groups excluding carboxylic acids is 1. The Hall–Kier alpha value is -2.01. The molecule has 1 aliphatic carbocycles.